The highest BCUT2D eigenvalue weighted by molar-refractivity contribution is 7.80. The van der Waals surface area contributed by atoms with E-state index in [0.717, 1.165) is 12.0 Å². The van der Waals surface area contributed by atoms with Crippen LogP contribution in [0.5, 0.6) is 0 Å². The fraction of sp³-hybridized carbons (Fsp3) is 0.0952. The van der Waals surface area contributed by atoms with Crippen LogP contribution in [-0.4, -0.2) is 10.0 Å². The van der Waals surface area contributed by atoms with Crippen LogP contribution in [-0.2, 0) is 6.42 Å². The SMILES string of the molecule is O=[N+]([O-])c1ccc(NC(=S)NC(Cc2ccccc2)c2ccccc2)cc1. The first-order chi connectivity index (χ1) is 13.1. The van der Waals surface area contributed by atoms with E-state index in [1.165, 1.54) is 17.7 Å². The van der Waals surface area contributed by atoms with Crippen molar-refractivity contribution in [2.75, 3.05) is 5.32 Å². The lowest BCUT2D eigenvalue weighted by atomic mass is 9.99. The smallest absolute Gasteiger partial charge is 0.269 e. The number of nitro groups is 1. The number of rotatable bonds is 6. The first-order valence-electron chi connectivity index (χ1n) is 8.52. The monoisotopic (exact) mass is 377 g/mol. The minimum atomic E-state index is -0.425. The summed E-state index contributed by atoms with van der Waals surface area (Å²) in [4.78, 5) is 10.3. The average Bonchev–Trinajstić information content (AvgIpc) is 2.69. The zero-order chi connectivity index (χ0) is 19.1. The van der Waals surface area contributed by atoms with Gasteiger partial charge in [-0.15, -0.1) is 0 Å². The van der Waals surface area contributed by atoms with Gasteiger partial charge in [-0.1, -0.05) is 60.7 Å². The predicted octanol–water partition coefficient (Wildman–Crippen LogP) is 4.87. The molecule has 1 atom stereocenters. The molecule has 0 amide bonds. The Bertz CT molecular complexity index is 900. The molecule has 0 fully saturated rings. The van der Waals surface area contributed by atoms with Gasteiger partial charge < -0.3 is 10.6 Å². The Labute approximate surface area is 163 Å². The van der Waals surface area contributed by atoms with Gasteiger partial charge in [-0.2, -0.15) is 0 Å². The molecule has 0 bridgehead atoms. The average molecular weight is 377 g/mol. The molecule has 1 unspecified atom stereocenters. The molecule has 0 saturated heterocycles. The Balaban J connectivity index is 1.71. The number of benzene rings is 3. The van der Waals surface area contributed by atoms with Crippen molar-refractivity contribution in [3.63, 3.8) is 0 Å². The van der Waals surface area contributed by atoms with Crippen LogP contribution in [0.25, 0.3) is 0 Å². The second-order valence-corrected chi connectivity index (χ2v) is 6.46. The minimum absolute atomic E-state index is 0.00616. The fourth-order valence-corrected chi connectivity index (χ4v) is 3.04. The fourth-order valence-electron chi connectivity index (χ4n) is 2.78. The van der Waals surface area contributed by atoms with Crippen LogP contribution in [0.2, 0.25) is 0 Å². The van der Waals surface area contributed by atoms with Crippen LogP contribution in [0.1, 0.15) is 17.2 Å². The van der Waals surface area contributed by atoms with Crippen LogP contribution < -0.4 is 10.6 Å². The van der Waals surface area contributed by atoms with E-state index in [-0.39, 0.29) is 11.7 Å². The number of thiocarbonyl (C=S) groups is 1. The summed E-state index contributed by atoms with van der Waals surface area (Å²) in [6.07, 6.45) is 0.785. The molecule has 0 spiro atoms. The number of nitrogens with one attached hydrogen (secondary N) is 2. The van der Waals surface area contributed by atoms with Crippen molar-refractivity contribution < 1.29 is 4.92 Å². The molecular formula is C21H19N3O2S. The zero-order valence-electron chi connectivity index (χ0n) is 14.5. The van der Waals surface area contributed by atoms with E-state index in [9.17, 15) is 10.1 Å². The maximum atomic E-state index is 10.8. The maximum absolute atomic E-state index is 10.8. The van der Waals surface area contributed by atoms with Gasteiger partial charge in [0.05, 0.1) is 11.0 Å². The first-order valence-corrected chi connectivity index (χ1v) is 8.93. The molecular weight excluding hydrogens is 358 g/mol. The van der Waals surface area contributed by atoms with Crippen molar-refractivity contribution >= 4 is 28.7 Å². The third-order valence-electron chi connectivity index (χ3n) is 4.13. The molecule has 136 valence electrons. The van der Waals surface area contributed by atoms with Gasteiger partial charge in [0, 0.05) is 17.8 Å². The summed E-state index contributed by atoms with van der Waals surface area (Å²) in [6, 6.07) is 26.5. The molecule has 3 rings (SSSR count). The number of hydrogen-bond donors (Lipinski definition) is 2. The lowest BCUT2D eigenvalue weighted by Crippen LogP contribution is -2.33. The van der Waals surface area contributed by atoms with E-state index in [2.05, 4.69) is 34.9 Å². The van der Waals surface area contributed by atoms with Gasteiger partial charge in [-0.05, 0) is 41.9 Å². The third-order valence-corrected chi connectivity index (χ3v) is 4.35. The standard InChI is InChI=1S/C21H19N3O2S/c25-24(26)19-13-11-18(12-14-19)22-21(27)23-20(17-9-5-2-6-10-17)15-16-7-3-1-4-8-16/h1-14,20H,15H2,(H2,22,23,27). The van der Waals surface area contributed by atoms with Crippen LogP contribution in [0.4, 0.5) is 11.4 Å². The predicted molar refractivity (Wildman–Crippen MR) is 112 cm³/mol. The van der Waals surface area contributed by atoms with Gasteiger partial charge in [-0.3, -0.25) is 10.1 Å². The Hall–Kier alpha value is -3.25. The molecule has 5 nitrogen and oxygen atoms in total. The van der Waals surface area contributed by atoms with Gasteiger partial charge in [0.15, 0.2) is 5.11 Å². The van der Waals surface area contributed by atoms with E-state index in [1.807, 2.05) is 36.4 Å². The molecule has 3 aromatic carbocycles. The van der Waals surface area contributed by atoms with E-state index >= 15 is 0 Å². The highest BCUT2D eigenvalue weighted by atomic mass is 32.1. The lowest BCUT2D eigenvalue weighted by molar-refractivity contribution is -0.384. The van der Waals surface area contributed by atoms with Crippen molar-refractivity contribution in [3.05, 3.63) is 106 Å². The molecule has 0 aromatic heterocycles. The summed E-state index contributed by atoms with van der Waals surface area (Å²) in [5.74, 6) is 0. The van der Waals surface area contributed by atoms with Gasteiger partial charge in [-0.25, -0.2) is 0 Å². The second kappa shape index (κ2) is 8.91. The highest BCUT2D eigenvalue weighted by Gasteiger charge is 2.14. The molecule has 0 aliphatic carbocycles. The topological polar surface area (TPSA) is 67.2 Å². The Morgan fingerprint density at radius 2 is 1.52 bits per heavy atom. The quantitative estimate of drug-likeness (QED) is 0.365. The summed E-state index contributed by atoms with van der Waals surface area (Å²) < 4.78 is 0. The third kappa shape index (κ3) is 5.36. The summed E-state index contributed by atoms with van der Waals surface area (Å²) in [5, 5.41) is 17.7. The molecule has 0 heterocycles. The number of anilines is 1. The zero-order valence-corrected chi connectivity index (χ0v) is 15.4. The maximum Gasteiger partial charge on any atom is 0.269 e. The van der Waals surface area contributed by atoms with Crippen molar-refractivity contribution in [2.45, 2.75) is 12.5 Å². The Morgan fingerprint density at radius 3 is 2.11 bits per heavy atom. The van der Waals surface area contributed by atoms with Crippen LogP contribution >= 0.6 is 12.2 Å². The molecule has 0 radical (unpaired) electrons. The van der Waals surface area contributed by atoms with E-state index in [1.54, 1.807) is 12.1 Å². The van der Waals surface area contributed by atoms with Crippen molar-refractivity contribution in [1.82, 2.24) is 5.32 Å². The van der Waals surface area contributed by atoms with Gasteiger partial charge in [0.1, 0.15) is 0 Å². The molecule has 0 aliphatic heterocycles. The largest absolute Gasteiger partial charge is 0.355 e. The van der Waals surface area contributed by atoms with Crippen LogP contribution in [0.15, 0.2) is 84.9 Å². The summed E-state index contributed by atoms with van der Waals surface area (Å²) >= 11 is 5.46. The number of hydrogen-bond acceptors (Lipinski definition) is 3. The van der Waals surface area contributed by atoms with Crippen LogP contribution in [0, 0.1) is 10.1 Å². The van der Waals surface area contributed by atoms with Crippen molar-refractivity contribution in [1.29, 1.82) is 0 Å². The first kappa shape index (κ1) is 18.5. The van der Waals surface area contributed by atoms with Crippen molar-refractivity contribution in [2.24, 2.45) is 0 Å². The molecule has 6 heteroatoms. The lowest BCUT2D eigenvalue weighted by Gasteiger charge is -2.21. The van der Waals surface area contributed by atoms with Gasteiger partial charge in [0.2, 0.25) is 0 Å². The molecule has 0 aliphatic rings. The molecule has 27 heavy (non-hydrogen) atoms. The van der Waals surface area contributed by atoms with Gasteiger partial charge >= 0.3 is 0 Å². The number of nitro benzene ring substituents is 1. The van der Waals surface area contributed by atoms with Gasteiger partial charge in [0.25, 0.3) is 5.69 Å². The van der Waals surface area contributed by atoms with E-state index in [0.29, 0.717) is 10.8 Å². The minimum Gasteiger partial charge on any atom is -0.355 e. The van der Waals surface area contributed by atoms with Crippen LogP contribution in [0.3, 0.4) is 0 Å². The number of nitrogens with zero attached hydrogens (tertiary/aromatic N) is 1. The Kier molecular flexibility index (Phi) is 6.12. The molecule has 0 saturated carbocycles. The summed E-state index contributed by atoms with van der Waals surface area (Å²) in [5.41, 5.74) is 3.08. The summed E-state index contributed by atoms with van der Waals surface area (Å²) in [6.45, 7) is 0. The summed E-state index contributed by atoms with van der Waals surface area (Å²) in [7, 11) is 0. The number of non-ortho nitro benzene ring substituents is 1. The van der Waals surface area contributed by atoms with Crippen molar-refractivity contribution in [3.8, 4) is 0 Å². The van der Waals surface area contributed by atoms with E-state index < -0.39 is 4.92 Å². The van der Waals surface area contributed by atoms with E-state index in [4.69, 9.17) is 12.2 Å². The highest BCUT2D eigenvalue weighted by Crippen LogP contribution is 2.19. The molecule has 3 aromatic rings. The molecule has 2 N–H and O–H groups in total. The second-order valence-electron chi connectivity index (χ2n) is 6.06. The normalized spacial score (nSPS) is 11.4. The Morgan fingerprint density at radius 1 is 0.926 bits per heavy atom.